The normalized spacial score (nSPS) is 12.5. The van der Waals surface area contributed by atoms with Crippen molar-refractivity contribution in [1.82, 2.24) is 20.8 Å². The zero-order chi connectivity index (χ0) is 14.3. The average Bonchev–Trinajstić information content (AvgIpc) is 2.83. The molecule has 0 aliphatic rings. The molecule has 1 aromatic rings. The van der Waals surface area contributed by atoms with Gasteiger partial charge >= 0.3 is 6.03 Å². The first-order valence-electron chi connectivity index (χ1n) is 6.50. The van der Waals surface area contributed by atoms with Gasteiger partial charge in [0, 0.05) is 18.9 Å². The molecule has 7 nitrogen and oxygen atoms in total. The summed E-state index contributed by atoms with van der Waals surface area (Å²) in [5.41, 5.74) is 0. The molecule has 7 heteroatoms. The molecule has 1 atom stereocenters. The van der Waals surface area contributed by atoms with Gasteiger partial charge in [0.2, 0.25) is 5.89 Å². The SMILES string of the molecule is CC(CO)NC(=O)NCCCc1nc(C(C)C)no1. The predicted octanol–water partition coefficient (Wildman–Crippen LogP) is 0.806. The zero-order valence-electron chi connectivity index (χ0n) is 11.6. The average molecular weight is 270 g/mol. The Morgan fingerprint density at radius 1 is 1.42 bits per heavy atom. The highest BCUT2D eigenvalue weighted by molar-refractivity contribution is 5.74. The molecular weight excluding hydrogens is 248 g/mol. The summed E-state index contributed by atoms with van der Waals surface area (Å²) in [5.74, 6) is 1.55. The van der Waals surface area contributed by atoms with Crippen LogP contribution in [0.2, 0.25) is 0 Å². The molecular formula is C12H22N4O3. The first-order valence-corrected chi connectivity index (χ1v) is 6.50. The van der Waals surface area contributed by atoms with E-state index in [2.05, 4.69) is 20.8 Å². The summed E-state index contributed by atoms with van der Waals surface area (Å²) in [4.78, 5) is 15.6. The third kappa shape index (κ3) is 5.69. The summed E-state index contributed by atoms with van der Waals surface area (Å²) in [6.07, 6.45) is 1.36. The molecule has 0 saturated heterocycles. The topological polar surface area (TPSA) is 100 Å². The number of aliphatic hydroxyl groups is 1. The molecule has 3 N–H and O–H groups in total. The number of aromatic nitrogens is 2. The van der Waals surface area contributed by atoms with Gasteiger partial charge in [-0.2, -0.15) is 4.98 Å². The van der Waals surface area contributed by atoms with Crippen LogP contribution in [0.5, 0.6) is 0 Å². The molecule has 1 heterocycles. The molecule has 0 aliphatic carbocycles. The van der Waals surface area contributed by atoms with E-state index in [9.17, 15) is 4.79 Å². The van der Waals surface area contributed by atoms with Gasteiger partial charge in [0.05, 0.1) is 12.6 Å². The number of hydrogen-bond acceptors (Lipinski definition) is 5. The van der Waals surface area contributed by atoms with E-state index in [1.165, 1.54) is 0 Å². The second-order valence-electron chi connectivity index (χ2n) is 4.79. The van der Waals surface area contributed by atoms with Crippen molar-refractivity contribution in [3.63, 3.8) is 0 Å². The number of nitrogens with zero attached hydrogens (tertiary/aromatic N) is 2. The Kier molecular flexibility index (Phi) is 6.27. The first kappa shape index (κ1) is 15.4. The Bertz CT molecular complexity index is 392. The maximum atomic E-state index is 11.3. The van der Waals surface area contributed by atoms with Crippen LogP contribution in [0.1, 0.15) is 44.8 Å². The molecule has 0 saturated carbocycles. The van der Waals surface area contributed by atoms with E-state index in [4.69, 9.17) is 9.63 Å². The van der Waals surface area contributed by atoms with Crippen molar-refractivity contribution >= 4 is 6.03 Å². The lowest BCUT2D eigenvalue weighted by Gasteiger charge is -2.11. The number of rotatable bonds is 7. The van der Waals surface area contributed by atoms with Gasteiger partial charge in [0.15, 0.2) is 5.82 Å². The minimum atomic E-state index is -0.282. The van der Waals surface area contributed by atoms with Crippen molar-refractivity contribution in [3.05, 3.63) is 11.7 Å². The van der Waals surface area contributed by atoms with Crippen LogP contribution in [-0.4, -0.2) is 40.5 Å². The largest absolute Gasteiger partial charge is 0.394 e. The third-order valence-electron chi connectivity index (χ3n) is 2.50. The Balaban J connectivity index is 2.18. The van der Waals surface area contributed by atoms with Crippen LogP contribution in [0.15, 0.2) is 4.52 Å². The lowest BCUT2D eigenvalue weighted by molar-refractivity contribution is 0.220. The lowest BCUT2D eigenvalue weighted by Crippen LogP contribution is -2.42. The van der Waals surface area contributed by atoms with Crippen LogP contribution < -0.4 is 10.6 Å². The number of amides is 2. The molecule has 1 aromatic heterocycles. The van der Waals surface area contributed by atoms with Crippen molar-refractivity contribution in [2.45, 2.75) is 45.6 Å². The molecule has 2 amide bonds. The molecule has 0 bridgehead atoms. The van der Waals surface area contributed by atoms with Crippen LogP contribution in [0.25, 0.3) is 0 Å². The number of nitrogens with one attached hydrogen (secondary N) is 2. The van der Waals surface area contributed by atoms with Crippen LogP contribution in [0.3, 0.4) is 0 Å². The Hall–Kier alpha value is -1.63. The van der Waals surface area contributed by atoms with Crippen molar-refractivity contribution in [2.75, 3.05) is 13.2 Å². The van der Waals surface area contributed by atoms with Gasteiger partial charge in [-0.25, -0.2) is 4.79 Å². The molecule has 108 valence electrons. The van der Waals surface area contributed by atoms with Gasteiger partial charge in [0.1, 0.15) is 0 Å². The van der Waals surface area contributed by atoms with Gasteiger partial charge in [-0.1, -0.05) is 19.0 Å². The number of carbonyl (C=O) groups is 1. The lowest BCUT2D eigenvalue weighted by atomic mass is 10.2. The maximum Gasteiger partial charge on any atom is 0.315 e. The van der Waals surface area contributed by atoms with Crippen molar-refractivity contribution in [1.29, 1.82) is 0 Å². The van der Waals surface area contributed by atoms with E-state index in [1.807, 2.05) is 13.8 Å². The summed E-state index contributed by atoms with van der Waals surface area (Å²) in [6.45, 7) is 6.17. The Labute approximate surface area is 112 Å². The summed E-state index contributed by atoms with van der Waals surface area (Å²) in [5, 5.41) is 17.9. The number of aryl methyl sites for hydroxylation is 1. The highest BCUT2D eigenvalue weighted by Crippen LogP contribution is 2.10. The number of carbonyl (C=O) groups excluding carboxylic acids is 1. The summed E-state index contributed by atoms with van der Waals surface area (Å²) >= 11 is 0. The Morgan fingerprint density at radius 2 is 2.16 bits per heavy atom. The van der Waals surface area contributed by atoms with Crippen LogP contribution in [0.4, 0.5) is 4.79 Å². The number of hydrogen-bond donors (Lipinski definition) is 3. The van der Waals surface area contributed by atoms with Gasteiger partial charge < -0.3 is 20.3 Å². The smallest absolute Gasteiger partial charge is 0.315 e. The third-order valence-corrected chi connectivity index (χ3v) is 2.50. The summed E-state index contributed by atoms with van der Waals surface area (Å²) in [6, 6.07) is -0.528. The highest BCUT2D eigenvalue weighted by Gasteiger charge is 2.09. The van der Waals surface area contributed by atoms with E-state index >= 15 is 0 Å². The zero-order valence-corrected chi connectivity index (χ0v) is 11.6. The van der Waals surface area contributed by atoms with Gasteiger partial charge in [-0.3, -0.25) is 0 Å². The molecule has 0 fully saturated rings. The molecule has 0 spiro atoms. The van der Waals surface area contributed by atoms with Crippen molar-refractivity contribution in [2.24, 2.45) is 0 Å². The fraction of sp³-hybridized carbons (Fsp3) is 0.750. The van der Waals surface area contributed by atoms with E-state index in [0.717, 1.165) is 6.42 Å². The summed E-state index contributed by atoms with van der Waals surface area (Å²) in [7, 11) is 0. The van der Waals surface area contributed by atoms with E-state index in [-0.39, 0.29) is 24.6 Å². The van der Waals surface area contributed by atoms with Crippen molar-refractivity contribution < 1.29 is 14.4 Å². The predicted molar refractivity (Wildman–Crippen MR) is 69.8 cm³/mol. The van der Waals surface area contributed by atoms with Gasteiger partial charge in [0.25, 0.3) is 0 Å². The molecule has 19 heavy (non-hydrogen) atoms. The second kappa shape index (κ2) is 7.73. The van der Waals surface area contributed by atoms with E-state index in [0.29, 0.717) is 24.7 Å². The minimum Gasteiger partial charge on any atom is -0.394 e. The van der Waals surface area contributed by atoms with Crippen LogP contribution in [0, 0.1) is 0 Å². The quantitative estimate of drug-likeness (QED) is 0.636. The van der Waals surface area contributed by atoms with E-state index < -0.39 is 0 Å². The molecule has 1 unspecified atom stereocenters. The molecule has 1 rings (SSSR count). The molecule has 0 aliphatic heterocycles. The van der Waals surface area contributed by atoms with E-state index in [1.54, 1.807) is 6.92 Å². The van der Waals surface area contributed by atoms with Gasteiger partial charge in [-0.15, -0.1) is 0 Å². The monoisotopic (exact) mass is 270 g/mol. The van der Waals surface area contributed by atoms with Crippen LogP contribution >= 0.6 is 0 Å². The fourth-order valence-electron chi connectivity index (χ4n) is 1.37. The maximum absolute atomic E-state index is 11.3. The second-order valence-corrected chi connectivity index (χ2v) is 4.79. The van der Waals surface area contributed by atoms with Crippen molar-refractivity contribution in [3.8, 4) is 0 Å². The van der Waals surface area contributed by atoms with Crippen LogP contribution in [-0.2, 0) is 6.42 Å². The number of urea groups is 1. The molecule has 0 aromatic carbocycles. The fourth-order valence-corrected chi connectivity index (χ4v) is 1.37. The molecule has 0 radical (unpaired) electrons. The number of aliphatic hydroxyl groups excluding tert-OH is 1. The highest BCUT2D eigenvalue weighted by atomic mass is 16.5. The van der Waals surface area contributed by atoms with Gasteiger partial charge in [-0.05, 0) is 13.3 Å². The minimum absolute atomic E-state index is 0.0760. The Morgan fingerprint density at radius 3 is 2.74 bits per heavy atom. The standard InChI is InChI=1S/C12H22N4O3/c1-8(2)11-15-10(19-16-11)5-4-6-13-12(18)14-9(3)7-17/h8-9,17H,4-7H2,1-3H3,(H2,13,14,18). The summed E-state index contributed by atoms with van der Waals surface area (Å²) < 4.78 is 5.09. The first-order chi connectivity index (χ1) is 9.02.